The van der Waals surface area contributed by atoms with E-state index in [1.54, 1.807) is 13.2 Å². The highest BCUT2D eigenvalue weighted by Gasteiger charge is 2.15. The largest absolute Gasteiger partial charge is 0.493 e. The molecule has 0 fully saturated rings. The minimum atomic E-state index is 0.146. The molecule has 0 spiro atoms. The molecule has 1 unspecified atom stereocenters. The van der Waals surface area contributed by atoms with Crippen molar-refractivity contribution in [3.05, 3.63) is 22.7 Å². The van der Waals surface area contributed by atoms with Crippen LogP contribution in [0, 0.1) is 0 Å². The molecule has 1 N–H and O–H groups in total. The fraction of sp³-hybridized carbons (Fsp3) is 0.600. The predicted octanol–water partition coefficient (Wildman–Crippen LogP) is 4.02. The Morgan fingerprint density at radius 1 is 1.26 bits per heavy atom. The van der Waals surface area contributed by atoms with Crippen molar-refractivity contribution in [3.8, 4) is 11.5 Å². The summed E-state index contributed by atoms with van der Waals surface area (Å²) in [4.78, 5) is 0. The van der Waals surface area contributed by atoms with Gasteiger partial charge < -0.3 is 14.8 Å². The molecule has 4 heteroatoms. The molecule has 3 nitrogen and oxygen atoms in total. The van der Waals surface area contributed by atoms with Gasteiger partial charge in [0.15, 0.2) is 11.5 Å². The van der Waals surface area contributed by atoms with Crippen LogP contribution < -0.4 is 14.8 Å². The first-order chi connectivity index (χ1) is 8.97. The fourth-order valence-electron chi connectivity index (χ4n) is 1.64. The lowest BCUT2D eigenvalue weighted by Crippen LogP contribution is -2.23. The number of nitrogens with one attached hydrogen (secondary N) is 1. The van der Waals surface area contributed by atoms with Crippen molar-refractivity contribution >= 4 is 11.6 Å². The number of halogens is 1. The van der Waals surface area contributed by atoms with Crippen LogP contribution in [-0.2, 0) is 6.54 Å². The van der Waals surface area contributed by atoms with Gasteiger partial charge in [-0.15, -0.1) is 0 Å². The van der Waals surface area contributed by atoms with Gasteiger partial charge in [-0.25, -0.2) is 0 Å². The van der Waals surface area contributed by atoms with Gasteiger partial charge in [0.05, 0.1) is 13.2 Å². The Morgan fingerprint density at radius 3 is 2.47 bits per heavy atom. The highest BCUT2D eigenvalue weighted by atomic mass is 35.5. The van der Waals surface area contributed by atoms with Gasteiger partial charge in [0, 0.05) is 29.2 Å². The minimum absolute atomic E-state index is 0.146. The highest BCUT2D eigenvalue weighted by molar-refractivity contribution is 6.30. The molecule has 0 aliphatic heterocycles. The molecule has 0 saturated heterocycles. The highest BCUT2D eigenvalue weighted by Crippen LogP contribution is 2.35. The smallest absolute Gasteiger partial charge is 0.166 e. The molecule has 0 aliphatic carbocycles. The molecule has 1 atom stereocenters. The number of methoxy groups -OCH3 is 1. The Balaban J connectivity index is 3.06. The maximum absolute atomic E-state index is 6.12. The first-order valence-electron chi connectivity index (χ1n) is 6.74. The Hall–Kier alpha value is -0.930. The van der Waals surface area contributed by atoms with E-state index in [1.807, 2.05) is 13.0 Å². The summed E-state index contributed by atoms with van der Waals surface area (Å²) in [6.45, 7) is 9.07. The second kappa shape index (κ2) is 7.61. The summed E-state index contributed by atoms with van der Waals surface area (Å²) in [5, 5.41) is 4.04. The van der Waals surface area contributed by atoms with Crippen LogP contribution in [0.5, 0.6) is 11.5 Å². The number of hydrogen-bond donors (Lipinski definition) is 1. The van der Waals surface area contributed by atoms with Crippen molar-refractivity contribution in [2.24, 2.45) is 0 Å². The molecule has 0 saturated carbocycles. The van der Waals surface area contributed by atoms with Gasteiger partial charge in [0.2, 0.25) is 0 Å². The third-order valence-corrected chi connectivity index (χ3v) is 3.13. The molecule has 0 bridgehead atoms. The van der Waals surface area contributed by atoms with Crippen LogP contribution in [0.25, 0.3) is 0 Å². The van der Waals surface area contributed by atoms with E-state index in [-0.39, 0.29) is 6.10 Å². The average Bonchev–Trinajstić information content (AvgIpc) is 2.37. The lowest BCUT2D eigenvalue weighted by Gasteiger charge is -2.20. The molecule has 1 aromatic rings. The maximum Gasteiger partial charge on any atom is 0.166 e. The Bertz CT molecular complexity index is 407. The zero-order valence-electron chi connectivity index (χ0n) is 12.4. The van der Waals surface area contributed by atoms with Gasteiger partial charge in [0.1, 0.15) is 0 Å². The second-order valence-electron chi connectivity index (χ2n) is 4.97. The standard InChI is InChI=1S/C15H24ClNO2/c1-6-11(4)19-15-12(9-17-10(2)3)7-13(16)8-14(15)18-5/h7-8,10-11,17H,6,9H2,1-5H3. The average molecular weight is 286 g/mol. The summed E-state index contributed by atoms with van der Waals surface area (Å²) in [5.41, 5.74) is 1.03. The summed E-state index contributed by atoms with van der Waals surface area (Å²) in [7, 11) is 1.63. The van der Waals surface area contributed by atoms with Gasteiger partial charge >= 0.3 is 0 Å². The molecular formula is C15H24ClNO2. The summed E-state index contributed by atoms with van der Waals surface area (Å²) in [5.74, 6) is 1.47. The molecule has 108 valence electrons. The Morgan fingerprint density at radius 2 is 1.95 bits per heavy atom. The molecule has 0 aromatic heterocycles. The maximum atomic E-state index is 6.12. The van der Waals surface area contributed by atoms with Crippen LogP contribution in [0.4, 0.5) is 0 Å². The summed E-state index contributed by atoms with van der Waals surface area (Å²) in [6.07, 6.45) is 1.09. The van der Waals surface area contributed by atoms with Crippen molar-refractivity contribution in [1.29, 1.82) is 0 Å². The van der Waals surface area contributed by atoms with E-state index in [9.17, 15) is 0 Å². The number of benzene rings is 1. The number of hydrogen-bond acceptors (Lipinski definition) is 3. The monoisotopic (exact) mass is 285 g/mol. The zero-order valence-corrected chi connectivity index (χ0v) is 13.2. The van der Waals surface area contributed by atoms with E-state index in [1.165, 1.54) is 0 Å². The van der Waals surface area contributed by atoms with E-state index in [4.69, 9.17) is 21.1 Å². The van der Waals surface area contributed by atoms with Crippen molar-refractivity contribution in [2.45, 2.75) is 52.8 Å². The lowest BCUT2D eigenvalue weighted by molar-refractivity contribution is 0.205. The molecule has 19 heavy (non-hydrogen) atoms. The van der Waals surface area contributed by atoms with Crippen molar-refractivity contribution in [1.82, 2.24) is 5.32 Å². The third kappa shape index (κ3) is 4.92. The first-order valence-corrected chi connectivity index (χ1v) is 7.12. The topological polar surface area (TPSA) is 30.5 Å². The van der Waals surface area contributed by atoms with Crippen LogP contribution in [0.2, 0.25) is 5.02 Å². The van der Waals surface area contributed by atoms with Crippen molar-refractivity contribution < 1.29 is 9.47 Å². The summed E-state index contributed by atoms with van der Waals surface area (Å²) < 4.78 is 11.4. The van der Waals surface area contributed by atoms with Crippen LogP contribution in [0.1, 0.15) is 39.7 Å². The van der Waals surface area contributed by atoms with E-state index >= 15 is 0 Å². The van der Waals surface area contributed by atoms with Crippen LogP contribution in [-0.4, -0.2) is 19.3 Å². The normalized spacial score (nSPS) is 12.6. The van der Waals surface area contributed by atoms with Gasteiger partial charge in [-0.3, -0.25) is 0 Å². The summed E-state index contributed by atoms with van der Waals surface area (Å²) in [6, 6.07) is 4.12. The van der Waals surface area contributed by atoms with E-state index in [0.29, 0.717) is 23.4 Å². The third-order valence-electron chi connectivity index (χ3n) is 2.91. The number of rotatable bonds is 7. The van der Waals surface area contributed by atoms with Gasteiger partial charge in [-0.1, -0.05) is 32.4 Å². The van der Waals surface area contributed by atoms with Crippen molar-refractivity contribution in [2.75, 3.05) is 7.11 Å². The quantitative estimate of drug-likeness (QED) is 0.821. The minimum Gasteiger partial charge on any atom is -0.493 e. The molecular weight excluding hydrogens is 262 g/mol. The molecule has 0 radical (unpaired) electrons. The van der Waals surface area contributed by atoms with Crippen molar-refractivity contribution in [3.63, 3.8) is 0 Å². The van der Waals surface area contributed by atoms with E-state index < -0.39 is 0 Å². The fourth-order valence-corrected chi connectivity index (χ4v) is 1.87. The van der Waals surface area contributed by atoms with E-state index in [0.717, 1.165) is 17.7 Å². The number of ether oxygens (including phenoxy) is 2. The lowest BCUT2D eigenvalue weighted by atomic mass is 10.1. The van der Waals surface area contributed by atoms with Crippen LogP contribution in [0.3, 0.4) is 0 Å². The molecule has 0 amide bonds. The van der Waals surface area contributed by atoms with Gasteiger partial charge in [-0.2, -0.15) is 0 Å². The molecule has 0 aliphatic rings. The molecule has 1 aromatic carbocycles. The zero-order chi connectivity index (χ0) is 14.4. The Labute approximate surface area is 121 Å². The Kier molecular flexibility index (Phi) is 6.46. The predicted molar refractivity (Wildman–Crippen MR) is 80.4 cm³/mol. The van der Waals surface area contributed by atoms with E-state index in [2.05, 4.69) is 26.1 Å². The molecule has 1 rings (SSSR count). The summed E-state index contributed by atoms with van der Waals surface area (Å²) >= 11 is 6.12. The SMILES string of the molecule is CCC(C)Oc1c(CNC(C)C)cc(Cl)cc1OC. The van der Waals surface area contributed by atoms with Gasteiger partial charge in [-0.05, 0) is 19.4 Å². The van der Waals surface area contributed by atoms with Gasteiger partial charge in [0.25, 0.3) is 0 Å². The van der Waals surface area contributed by atoms with Crippen LogP contribution in [0.15, 0.2) is 12.1 Å². The van der Waals surface area contributed by atoms with Crippen LogP contribution >= 0.6 is 11.6 Å². The first kappa shape index (κ1) is 16.1. The second-order valence-corrected chi connectivity index (χ2v) is 5.41. The molecule has 0 heterocycles.